The predicted molar refractivity (Wildman–Crippen MR) is 90.6 cm³/mol. The van der Waals surface area contributed by atoms with Crippen molar-refractivity contribution in [3.05, 3.63) is 59.1 Å². The Morgan fingerprint density at radius 1 is 1.10 bits per heavy atom. The third kappa shape index (κ3) is 4.68. The summed E-state index contributed by atoms with van der Waals surface area (Å²) in [6.45, 7) is 5.77. The zero-order valence-corrected chi connectivity index (χ0v) is 13.4. The molecule has 0 bridgehead atoms. The average molecular weight is 304 g/mol. The van der Waals surface area contributed by atoms with E-state index in [2.05, 4.69) is 31.3 Å². The summed E-state index contributed by atoms with van der Waals surface area (Å²) in [6, 6.07) is 16.1. The minimum atomic E-state index is 0.598. The highest BCUT2D eigenvalue weighted by molar-refractivity contribution is 6.33. The molecular formula is C18H22ClNO. The summed E-state index contributed by atoms with van der Waals surface area (Å²) in [7, 11) is 0. The van der Waals surface area contributed by atoms with E-state index >= 15 is 0 Å². The molecule has 0 radical (unpaired) electrons. The summed E-state index contributed by atoms with van der Waals surface area (Å²) >= 11 is 6.08. The molecule has 21 heavy (non-hydrogen) atoms. The van der Waals surface area contributed by atoms with Gasteiger partial charge in [-0.3, -0.25) is 0 Å². The van der Waals surface area contributed by atoms with Crippen molar-refractivity contribution in [3.8, 4) is 5.75 Å². The van der Waals surface area contributed by atoms with Crippen LogP contribution >= 0.6 is 11.6 Å². The Kier molecular flexibility index (Phi) is 5.94. The van der Waals surface area contributed by atoms with Gasteiger partial charge in [0.05, 0.1) is 10.7 Å². The molecule has 3 heteroatoms. The van der Waals surface area contributed by atoms with E-state index < -0.39 is 0 Å². The molecule has 2 nitrogen and oxygen atoms in total. The van der Waals surface area contributed by atoms with Crippen molar-refractivity contribution in [3.63, 3.8) is 0 Å². The standard InChI is InChI=1S/C18H22ClNO/c1-3-14(2)15-8-10-16(11-9-15)21-13-12-20-18-7-5-4-6-17(18)19/h4-11,14,20H,3,12-13H2,1-2H3. The maximum absolute atomic E-state index is 6.08. The average Bonchev–Trinajstić information content (AvgIpc) is 2.53. The van der Waals surface area contributed by atoms with Gasteiger partial charge in [-0.25, -0.2) is 0 Å². The molecule has 0 aliphatic rings. The van der Waals surface area contributed by atoms with Crippen LogP contribution in [0.3, 0.4) is 0 Å². The van der Waals surface area contributed by atoms with Gasteiger partial charge in [-0.15, -0.1) is 0 Å². The molecule has 0 saturated carbocycles. The number of anilines is 1. The molecule has 2 aromatic carbocycles. The van der Waals surface area contributed by atoms with E-state index in [0.717, 1.165) is 29.4 Å². The van der Waals surface area contributed by atoms with E-state index in [1.165, 1.54) is 5.56 Å². The Labute approximate surface area is 132 Å². The molecule has 0 amide bonds. The highest BCUT2D eigenvalue weighted by Crippen LogP contribution is 2.22. The van der Waals surface area contributed by atoms with Crippen LogP contribution in [-0.4, -0.2) is 13.2 Å². The molecule has 1 atom stereocenters. The lowest BCUT2D eigenvalue weighted by Gasteiger charge is -2.12. The smallest absolute Gasteiger partial charge is 0.119 e. The normalized spacial score (nSPS) is 12.0. The molecule has 0 spiro atoms. The molecule has 0 heterocycles. The molecule has 0 aliphatic heterocycles. The van der Waals surface area contributed by atoms with Crippen LogP contribution in [-0.2, 0) is 0 Å². The van der Waals surface area contributed by atoms with Crippen LogP contribution in [0.4, 0.5) is 5.69 Å². The molecule has 1 N–H and O–H groups in total. The fraction of sp³-hybridized carbons (Fsp3) is 0.333. The molecule has 0 aliphatic carbocycles. The van der Waals surface area contributed by atoms with E-state index in [4.69, 9.17) is 16.3 Å². The zero-order chi connectivity index (χ0) is 15.1. The quantitative estimate of drug-likeness (QED) is 0.697. The summed E-state index contributed by atoms with van der Waals surface area (Å²) in [6.07, 6.45) is 1.15. The van der Waals surface area contributed by atoms with Gasteiger partial charge in [0.2, 0.25) is 0 Å². The molecule has 0 saturated heterocycles. The lowest BCUT2D eigenvalue weighted by molar-refractivity contribution is 0.332. The van der Waals surface area contributed by atoms with E-state index in [1.807, 2.05) is 36.4 Å². The van der Waals surface area contributed by atoms with Crippen molar-refractivity contribution in [1.82, 2.24) is 0 Å². The van der Waals surface area contributed by atoms with E-state index in [0.29, 0.717) is 12.5 Å². The molecule has 1 unspecified atom stereocenters. The number of nitrogens with one attached hydrogen (secondary N) is 1. The van der Waals surface area contributed by atoms with Crippen molar-refractivity contribution in [1.29, 1.82) is 0 Å². The number of hydrogen-bond acceptors (Lipinski definition) is 2. The van der Waals surface area contributed by atoms with Crippen LogP contribution < -0.4 is 10.1 Å². The van der Waals surface area contributed by atoms with Crippen LogP contribution in [0.5, 0.6) is 5.75 Å². The van der Waals surface area contributed by atoms with Crippen LogP contribution in [0.2, 0.25) is 5.02 Å². The highest BCUT2D eigenvalue weighted by atomic mass is 35.5. The molecule has 2 rings (SSSR count). The Morgan fingerprint density at radius 2 is 1.81 bits per heavy atom. The summed E-state index contributed by atoms with van der Waals surface area (Å²) < 4.78 is 5.73. The van der Waals surface area contributed by atoms with Crippen molar-refractivity contribution in [2.45, 2.75) is 26.2 Å². The fourth-order valence-electron chi connectivity index (χ4n) is 2.09. The van der Waals surface area contributed by atoms with Gasteiger partial charge >= 0.3 is 0 Å². The summed E-state index contributed by atoms with van der Waals surface area (Å²) in [5.41, 5.74) is 2.30. The van der Waals surface area contributed by atoms with E-state index in [1.54, 1.807) is 0 Å². The number of ether oxygens (including phenoxy) is 1. The first-order chi connectivity index (χ1) is 10.2. The van der Waals surface area contributed by atoms with Gasteiger partial charge < -0.3 is 10.1 Å². The van der Waals surface area contributed by atoms with Crippen molar-refractivity contribution < 1.29 is 4.74 Å². The van der Waals surface area contributed by atoms with Crippen LogP contribution in [0.25, 0.3) is 0 Å². The van der Waals surface area contributed by atoms with Crippen LogP contribution in [0, 0.1) is 0 Å². The van der Waals surface area contributed by atoms with Gasteiger partial charge in [-0.2, -0.15) is 0 Å². The maximum atomic E-state index is 6.08. The molecular weight excluding hydrogens is 282 g/mol. The Morgan fingerprint density at radius 3 is 2.48 bits per heavy atom. The monoisotopic (exact) mass is 303 g/mol. The van der Waals surface area contributed by atoms with E-state index in [-0.39, 0.29) is 0 Å². The minimum absolute atomic E-state index is 0.598. The van der Waals surface area contributed by atoms with Crippen LogP contribution in [0.15, 0.2) is 48.5 Å². The first-order valence-corrected chi connectivity index (χ1v) is 7.79. The Bertz CT molecular complexity index is 553. The molecule has 2 aromatic rings. The largest absolute Gasteiger partial charge is 0.492 e. The molecule has 0 fully saturated rings. The number of benzene rings is 2. The zero-order valence-electron chi connectivity index (χ0n) is 12.6. The van der Waals surface area contributed by atoms with Gasteiger partial charge in [-0.05, 0) is 42.2 Å². The van der Waals surface area contributed by atoms with E-state index in [9.17, 15) is 0 Å². The van der Waals surface area contributed by atoms with Crippen LogP contribution in [0.1, 0.15) is 31.7 Å². The van der Waals surface area contributed by atoms with Gasteiger partial charge in [0.1, 0.15) is 12.4 Å². The minimum Gasteiger partial charge on any atom is -0.492 e. The first kappa shape index (κ1) is 15.7. The Hall–Kier alpha value is -1.67. The number of para-hydroxylation sites is 1. The lowest BCUT2D eigenvalue weighted by atomic mass is 9.99. The summed E-state index contributed by atoms with van der Waals surface area (Å²) in [5.74, 6) is 1.50. The second kappa shape index (κ2) is 7.94. The predicted octanol–water partition coefficient (Wildman–Crippen LogP) is 5.34. The molecule has 0 aromatic heterocycles. The van der Waals surface area contributed by atoms with Gasteiger partial charge in [-0.1, -0.05) is 49.7 Å². The second-order valence-electron chi connectivity index (χ2n) is 5.13. The topological polar surface area (TPSA) is 21.3 Å². The molecule has 112 valence electrons. The Balaban J connectivity index is 1.77. The van der Waals surface area contributed by atoms with Crippen molar-refractivity contribution >= 4 is 17.3 Å². The van der Waals surface area contributed by atoms with Gasteiger partial charge in [0.15, 0.2) is 0 Å². The fourth-order valence-corrected chi connectivity index (χ4v) is 2.29. The number of rotatable bonds is 7. The summed E-state index contributed by atoms with van der Waals surface area (Å²) in [4.78, 5) is 0. The second-order valence-corrected chi connectivity index (χ2v) is 5.54. The lowest BCUT2D eigenvalue weighted by Crippen LogP contribution is -2.11. The van der Waals surface area contributed by atoms with Crippen molar-refractivity contribution in [2.24, 2.45) is 0 Å². The maximum Gasteiger partial charge on any atom is 0.119 e. The highest BCUT2D eigenvalue weighted by Gasteiger charge is 2.03. The number of hydrogen-bond donors (Lipinski definition) is 1. The first-order valence-electron chi connectivity index (χ1n) is 7.42. The number of halogens is 1. The SMILES string of the molecule is CCC(C)c1ccc(OCCNc2ccccc2Cl)cc1. The third-order valence-corrected chi connectivity index (χ3v) is 3.95. The van der Waals surface area contributed by atoms with Gasteiger partial charge in [0.25, 0.3) is 0 Å². The summed E-state index contributed by atoms with van der Waals surface area (Å²) in [5, 5.41) is 4.00. The third-order valence-electron chi connectivity index (χ3n) is 3.62. The van der Waals surface area contributed by atoms with Gasteiger partial charge in [0, 0.05) is 6.54 Å². The van der Waals surface area contributed by atoms with Crippen molar-refractivity contribution in [2.75, 3.05) is 18.5 Å².